The molecule has 3 nitrogen and oxygen atoms in total. The molecule has 0 aliphatic heterocycles. The SMILES string of the molecule is CC(C)CN(CC(=O)O)C(C)c1ccc(Cl)s1. The van der Waals surface area contributed by atoms with E-state index in [2.05, 4.69) is 13.8 Å². The van der Waals surface area contributed by atoms with Crippen molar-refractivity contribution in [3.05, 3.63) is 21.3 Å². The van der Waals surface area contributed by atoms with Crippen LogP contribution in [0.5, 0.6) is 0 Å². The lowest BCUT2D eigenvalue weighted by Gasteiger charge is -2.28. The van der Waals surface area contributed by atoms with E-state index in [-0.39, 0.29) is 12.6 Å². The molecule has 0 aromatic carbocycles. The molecular weight excluding hydrogens is 258 g/mol. The minimum atomic E-state index is -0.792. The zero-order valence-electron chi connectivity index (χ0n) is 10.3. The first-order chi connectivity index (χ1) is 7.90. The summed E-state index contributed by atoms with van der Waals surface area (Å²) in [6, 6.07) is 3.91. The average molecular weight is 276 g/mol. The van der Waals surface area contributed by atoms with Crippen molar-refractivity contribution in [2.75, 3.05) is 13.1 Å². The quantitative estimate of drug-likeness (QED) is 0.864. The van der Waals surface area contributed by atoms with Crippen molar-refractivity contribution < 1.29 is 9.90 Å². The van der Waals surface area contributed by atoms with E-state index in [1.54, 1.807) is 0 Å². The van der Waals surface area contributed by atoms with Gasteiger partial charge < -0.3 is 5.11 Å². The van der Waals surface area contributed by atoms with E-state index in [9.17, 15) is 4.79 Å². The summed E-state index contributed by atoms with van der Waals surface area (Å²) >= 11 is 7.41. The highest BCUT2D eigenvalue weighted by atomic mass is 35.5. The number of aliphatic carboxylic acids is 1. The molecule has 5 heteroatoms. The smallest absolute Gasteiger partial charge is 0.317 e. The van der Waals surface area contributed by atoms with Crippen molar-refractivity contribution >= 4 is 28.9 Å². The first-order valence-corrected chi connectivity index (χ1v) is 6.80. The number of rotatable bonds is 6. The molecule has 96 valence electrons. The van der Waals surface area contributed by atoms with Gasteiger partial charge in [-0.05, 0) is 25.0 Å². The van der Waals surface area contributed by atoms with E-state index in [1.165, 1.54) is 11.3 Å². The van der Waals surface area contributed by atoms with Gasteiger partial charge >= 0.3 is 5.97 Å². The molecule has 0 saturated carbocycles. The van der Waals surface area contributed by atoms with Gasteiger partial charge in [0.1, 0.15) is 0 Å². The molecule has 0 saturated heterocycles. The summed E-state index contributed by atoms with van der Waals surface area (Å²) in [6.07, 6.45) is 0. The first-order valence-electron chi connectivity index (χ1n) is 5.61. The molecule has 1 rings (SSSR count). The highest BCUT2D eigenvalue weighted by Gasteiger charge is 2.20. The van der Waals surface area contributed by atoms with E-state index in [0.717, 1.165) is 15.8 Å². The predicted molar refractivity (Wildman–Crippen MR) is 71.8 cm³/mol. The van der Waals surface area contributed by atoms with Gasteiger partial charge in [0.15, 0.2) is 0 Å². The highest BCUT2D eigenvalue weighted by molar-refractivity contribution is 7.16. The van der Waals surface area contributed by atoms with Crippen LogP contribution in [0.3, 0.4) is 0 Å². The molecule has 1 unspecified atom stereocenters. The molecule has 1 aromatic rings. The maximum atomic E-state index is 10.9. The number of hydrogen-bond donors (Lipinski definition) is 1. The Morgan fingerprint density at radius 2 is 2.12 bits per heavy atom. The van der Waals surface area contributed by atoms with Crippen molar-refractivity contribution in [2.45, 2.75) is 26.8 Å². The normalized spacial score (nSPS) is 13.3. The Bertz CT molecular complexity index is 378. The van der Waals surface area contributed by atoms with E-state index >= 15 is 0 Å². The molecule has 1 atom stereocenters. The molecule has 0 bridgehead atoms. The van der Waals surface area contributed by atoms with Crippen LogP contribution < -0.4 is 0 Å². The van der Waals surface area contributed by atoms with Gasteiger partial charge in [-0.1, -0.05) is 25.4 Å². The van der Waals surface area contributed by atoms with Gasteiger partial charge in [-0.15, -0.1) is 11.3 Å². The van der Waals surface area contributed by atoms with Gasteiger partial charge in [-0.3, -0.25) is 9.69 Å². The van der Waals surface area contributed by atoms with Gasteiger partial charge in [0.25, 0.3) is 0 Å². The standard InChI is InChI=1S/C12H18ClNO2S/c1-8(2)6-14(7-12(15)16)9(3)10-4-5-11(13)17-10/h4-5,8-9H,6-7H2,1-3H3,(H,15,16). The molecule has 1 heterocycles. The van der Waals surface area contributed by atoms with E-state index in [1.807, 2.05) is 24.0 Å². The maximum Gasteiger partial charge on any atom is 0.317 e. The van der Waals surface area contributed by atoms with Crippen LogP contribution in [0.2, 0.25) is 4.34 Å². The minimum absolute atomic E-state index is 0.0644. The van der Waals surface area contributed by atoms with E-state index in [4.69, 9.17) is 16.7 Å². The van der Waals surface area contributed by atoms with Crippen LogP contribution in [-0.2, 0) is 4.79 Å². The second-order valence-electron chi connectivity index (χ2n) is 4.53. The van der Waals surface area contributed by atoms with Gasteiger partial charge in [0.2, 0.25) is 0 Å². The number of carboxylic acid groups (broad SMARTS) is 1. The predicted octanol–water partition coefficient (Wildman–Crippen LogP) is 3.51. The Morgan fingerprint density at radius 3 is 2.53 bits per heavy atom. The fourth-order valence-electron chi connectivity index (χ4n) is 1.74. The second-order valence-corrected chi connectivity index (χ2v) is 6.28. The fraction of sp³-hybridized carbons (Fsp3) is 0.583. The van der Waals surface area contributed by atoms with Crippen molar-refractivity contribution in [3.8, 4) is 0 Å². The second kappa shape index (κ2) is 6.38. The molecular formula is C12H18ClNO2S. The van der Waals surface area contributed by atoms with Crippen LogP contribution in [0.15, 0.2) is 12.1 Å². The Kier molecular flexibility index (Phi) is 5.43. The number of halogens is 1. The minimum Gasteiger partial charge on any atom is -0.480 e. The number of carbonyl (C=O) groups is 1. The number of carboxylic acids is 1. The lowest BCUT2D eigenvalue weighted by Crippen LogP contribution is -2.34. The summed E-state index contributed by atoms with van der Waals surface area (Å²) in [7, 11) is 0. The maximum absolute atomic E-state index is 10.9. The summed E-state index contributed by atoms with van der Waals surface area (Å²) in [5.41, 5.74) is 0. The summed E-state index contributed by atoms with van der Waals surface area (Å²) in [6.45, 7) is 7.03. The number of hydrogen-bond acceptors (Lipinski definition) is 3. The number of thiophene rings is 1. The molecule has 0 fully saturated rings. The number of nitrogens with zero attached hydrogens (tertiary/aromatic N) is 1. The molecule has 17 heavy (non-hydrogen) atoms. The average Bonchev–Trinajstić information content (AvgIpc) is 2.61. The topological polar surface area (TPSA) is 40.5 Å². The van der Waals surface area contributed by atoms with Gasteiger partial charge in [0.05, 0.1) is 10.9 Å². The summed E-state index contributed by atoms with van der Waals surface area (Å²) in [5, 5.41) is 8.93. The molecule has 0 aliphatic carbocycles. The van der Waals surface area contributed by atoms with Crippen molar-refractivity contribution in [1.29, 1.82) is 0 Å². The summed E-state index contributed by atoms with van der Waals surface area (Å²) in [4.78, 5) is 13.9. The molecule has 0 amide bonds. The lowest BCUT2D eigenvalue weighted by atomic mass is 10.1. The zero-order valence-corrected chi connectivity index (χ0v) is 11.9. The van der Waals surface area contributed by atoms with Crippen LogP contribution in [0.1, 0.15) is 31.7 Å². The van der Waals surface area contributed by atoms with Crippen LogP contribution in [0, 0.1) is 5.92 Å². The Hall–Kier alpha value is -0.580. The monoisotopic (exact) mass is 275 g/mol. The van der Waals surface area contributed by atoms with Crippen molar-refractivity contribution in [2.24, 2.45) is 5.92 Å². The Balaban J connectivity index is 2.77. The van der Waals surface area contributed by atoms with Crippen LogP contribution in [0.25, 0.3) is 0 Å². The van der Waals surface area contributed by atoms with Crippen molar-refractivity contribution in [1.82, 2.24) is 4.90 Å². The molecule has 1 aromatic heterocycles. The van der Waals surface area contributed by atoms with Gasteiger partial charge in [-0.25, -0.2) is 0 Å². The third-order valence-electron chi connectivity index (χ3n) is 2.49. The molecule has 0 radical (unpaired) electrons. The van der Waals surface area contributed by atoms with Crippen LogP contribution >= 0.6 is 22.9 Å². The summed E-state index contributed by atoms with van der Waals surface area (Å²) in [5.74, 6) is -0.354. The van der Waals surface area contributed by atoms with Crippen LogP contribution in [0.4, 0.5) is 0 Å². The highest BCUT2D eigenvalue weighted by Crippen LogP contribution is 2.30. The van der Waals surface area contributed by atoms with Crippen molar-refractivity contribution in [3.63, 3.8) is 0 Å². The zero-order chi connectivity index (χ0) is 13.0. The molecule has 0 aliphatic rings. The Labute approximate surface area is 111 Å². The lowest BCUT2D eigenvalue weighted by molar-refractivity contribution is -0.139. The Morgan fingerprint density at radius 1 is 1.47 bits per heavy atom. The third kappa shape index (κ3) is 4.66. The fourth-order valence-corrected chi connectivity index (χ4v) is 2.88. The first kappa shape index (κ1) is 14.5. The van der Waals surface area contributed by atoms with Crippen LogP contribution in [-0.4, -0.2) is 29.1 Å². The molecule has 0 spiro atoms. The van der Waals surface area contributed by atoms with Gasteiger partial charge in [-0.2, -0.15) is 0 Å². The van der Waals surface area contributed by atoms with E-state index in [0.29, 0.717) is 5.92 Å². The largest absolute Gasteiger partial charge is 0.480 e. The van der Waals surface area contributed by atoms with E-state index < -0.39 is 5.97 Å². The summed E-state index contributed by atoms with van der Waals surface area (Å²) < 4.78 is 0.742. The third-order valence-corrected chi connectivity index (χ3v) is 3.89. The molecule has 1 N–H and O–H groups in total. The van der Waals surface area contributed by atoms with Gasteiger partial charge in [0, 0.05) is 17.5 Å².